The van der Waals surface area contributed by atoms with E-state index in [0.717, 1.165) is 11.9 Å². The number of carbonyl (C=O) groups excluding carboxylic acids is 1. The zero-order valence-corrected chi connectivity index (χ0v) is 13.9. The molecule has 1 amide bonds. The van der Waals surface area contributed by atoms with E-state index in [9.17, 15) is 14.7 Å². The molecule has 0 bridgehead atoms. The zero-order chi connectivity index (χ0) is 18.5. The number of pyridine rings is 1. The minimum Gasteiger partial charge on any atom is -0.493 e. The Kier molecular flexibility index (Phi) is 4.93. The van der Waals surface area contributed by atoms with Gasteiger partial charge in [-0.15, -0.1) is 0 Å². The molecule has 0 aliphatic rings. The van der Waals surface area contributed by atoms with Crippen LogP contribution < -0.4 is 15.6 Å². The van der Waals surface area contributed by atoms with Crippen LogP contribution in [0, 0.1) is 6.92 Å². The maximum Gasteiger partial charge on any atom is 0.258 e. The van der Waals surface area contributed by atoms with Crippen LogP contribution in [0.2, 0.25) is 0 Å². The van der Waals surface area contributed by atoms with Gasteiger partial charge >= 0.3 is 0 Å². The predicted octanol–water partition coefficient (Wildman–Crippen LogP) is 2.15. The topological polar surface area (TPSA) is 117 Å². The number of aromatic nitrogens is 3. The lowest BCUT2D eigenvalue weighted by Crippen LogP contribution is -2.21. The standard InChI is InChI=1S/C18H16N4O4/c1-11-2-5-13(6-3-11)26-16-7-4-12(9-19-16)22-15(23)8-14-17(24)20-10-21-18(14)25/h2-7,9-10H,8H2,1H3,(H,22,23)(H2,20,21,24,25). The number of nitrogens with one attached hydrogen (secondary N) is 2. The molecule has 0 saturated heterocycles. The van der Waals surface area contributed by atoms with Crippen LogP contribution in [0.5, 0.6) is 17.5 Å². The number of H-pyrrole nitrogens is 1. The number of anilines is 1. The van der Waals surface area contributed by atoms with Crippen molar-refractivity contribution in [2.24, 2.45) is 0 Å². The molecule has 2 aromatic heterocycles. The van der Waals surface area contributed by atoms with E-state index in [-0.39, 0.29) is 12.0 Å². The van der Waals surface area contributed by atoms with Crippen LogP contribution in [0.25, 0.3) is 0 Å². The molecule has 0 fully saturated rings. The fraction of sp³-hybridized carbons (Fsp3) is 0.111. The Balaban J connectivity index is 1.62. The molecule has 3 rings (SSSR count). The Morgan fingerprint density at radius 1 is 1.19 bits per heavy atom. The molecule has 0 spiro atoms. The van der Waals surface area contributed by atoms with Gasteiger partial charge in [0, 0.05) is 6.07 Å². The summed E-state index contributed by atoms with van der Waals surface area (Å²) >= 11 is 0. The van der Waals surface area contributed by atoms with Crippen molar-refractivity contribution in [2.45, 2.75) is 13.3 Å². The van der Waals surface area contributed by atoms with Crippen molar-refractivity contribution in [3.05, 3.63) is 70.4 Å². The molecular weight excluding hydrogens is 336 g/mol. The second-order valence-electron chi connectivity index (χ2n) is 5.56. The summed E-state index contributed by atoms with van der Waals surface area (Å²) in [6, 6.07) is 10.8. The molecule has 3 N–H and O–H groups in total. The van der Waals surface area contributed by atoms with Crippen LogP contribution in [-0.2, 0) is 11.2 Å². The van der Waals surface area contributed by atoms with Crippen molar-refractivity contribution in [2.75, 3.05) is 5.32 Å². The minimum atomic E-state index is -0.562. The molecule has 2 heterocycles. The van der Waals surface area contributed by atoms with Gasteiger partial charge in [-0.3, -0.25) is 9.59 Å². The molecule has 0 radical (unpaired) electrons. The summed E-state index contributed by atoms with van der Waals surface area (Å²) in [5, 5.41) is 12.2. The Morgan fingerprint density at radius 2 is 1.96 bits per heavy atom. The molecule has 132 valence electrons. The Hall–Kier alpha value is -3.68. The molecule has 8 nitrogen and oxygen atoms in total. The molecular formula is C18H16N4O4. The zero-order valence-electron chi connectivity index (χ0n) is 13.9. The van der Waals surface area contributed by atoms with Crippen molar-refractivity contribution in [1.29, 1.82) is 0 Å². The van der Waals surface area contributed by atoms with Gasteiger partial charge < -0.3 is 20.1 Å². The SMILES string of the molecule is Cc1ccc(Oc2ccc(NC(=O)Cc3c(O)nc[nH]c3=O)cn2)cc1. The summed E-state index contributed by atoms with van der Waals surface area (Å²) in [6.45, 7) is 1.98. The summed E-state index contributed by atoms with van der Waals surface area (Å²) < 4.78 is 5.61. The first kappa shape index (κ1) is 17.2. The maximum absolute atomic E-state index is 12.0. The van der Waals surface area contributed by atoms with Gasteiger partial charge in [0.2, 0.25) is 17.7 Å². The smallest absolute Gasteiger partial charge is 0.258 e. The Bertz CT molecular complexity index is 966. The maximum atomic E-state index is 12.0. The first-order valence-corrected chi connectivity index (χ1v) is 7.77. The highest BCUT2D eigenvalue weighted by Crippen LogP contribution is 2.21. The Labute approximate surface area is 148 Å². The first-order chi connectivity index (χ1) is 12.5. The van der Waals surface area contributed by atoms with Crippen molar-refractivity contribution in [1.82, 2.24) is 15.0 Å². The number of benzene rings is 1. The number of amides is 1. The molecule has 0 saturated carbocycles. The average molecular weight is 352 g/mol. The van der Waals surface area contributed by atoms with Crippen LogP contribution >= 0.6 is 0 Å². The van der Waals surface area contributed by atoms with E-state index in [1.165, 1.54) is 6.20 Å². The van der Waals surface area contributed by atoms with E-state index in [2.05, 4.69) is 20.3 Å². The normalized spacial score (nSPS) is 10.3. The van der Waals surface area contributed by atoms with Gasteiger partial charge in [0.1, 0.15) is 5.75 Å². The van der Waals surface area contributed by atoms with E-state index in [1.54, 1.807) is 12.1 Å². The van der Waals surface area contributed by atoms with E-state index in [4.69, 9.17) is 4.74 Å². The number of aromatic amines is 1. The van der Waals surface area contributed by atoms with Gasteiger partial charge in [-0.25, -0.2) is 9.97 Å². The third kappa shape index (κ3) is 4.23. The number of hydrogen-bond acceptors (Lipinski definition) is 6. The van der Waals surface area contributed by atoms with E-state index in [0.29, 0.717) is 17.3 Å². The van der Waals surface area contributed by atoms with Gasteiger partial charge in [-0.1, -0.05) is 17.7 Å². The Morgan fingerprint density at radius 3 is 2.62 bits per heavy atom. The van der Waals surface area contributed by atoms with Crippen LogP contribution in [0.15, 0.2) is 53.7 Å². The average Bonchev–Trinajstić information content (AvgIpc) is 2.62. The van der Waals surface area contributed by atoms with Gasteiger partial charge in [0.25, 0.3) is 5.56 Å². The molecule has 1 aromatic carbocycles. The lowest BCUT2D eigenvalue weighted by atomic mass is 10.2. The highest BCUT2D eigenvalue weighted by molar-refractivity contribution is 5.92. The number of aryl methyl sites for hydroxylation is 1. The lowest BCUT2D eigenvalue weighted by Gasteiger charge is -2.07. The third-order valence-electron chi connectivity index (χ3n) is 3.53. The first-order valence-electron chi connectivity index (χ1n) is 7.77. The highest BCUT2D eigenvalue weighted by Gasteiger charge is 2.13. The number of aromatic hydroxyl groups is 1. The summed E-state index contributed by atoms with van der Waals surface area (Å²) in [4.78, 5) is 33.6. The number of carbonyl (C=O) groups is 1. The van der Waals surface area contributed by atoms with E-state index < -0.39 is 17.3 Å². The molecule has 0 unspecified atom stereocenters. The quantitative estimate of drug-likeness (QED) is 0.648. The van der Waals surface area contributed by atoms with Crippen molar-refractivity contribution in [3.8, 4) is 17.5 Å². The van der Waals surface area contributed by atoms with Crippen LogP contribution in [0.4, 0.5) is 5.69 Å². The molecule has 8 heteroatoms. The number of nitrogens with zero attached hydrogens (tertiary/aromatic N) is 2. The summed E-state index contributed by atoms with van der Waals surface area (Å²) in [5.74, 6) is 0.0936. The van der Waals surface area contributed by atoms with Gasteiger partial charge in [-0.05, 0) is 25.1 Å². The van der Waals surface area contributed by atoms with Crippen LogP contribution in [0.3, 0.4) is 0 Å². The molecule has 0 atom stereocenters. The predicted molar refractivity (Wildman–Crippen MR) is 94.3 cm³/mol. The fourth-order valence-electron chi connectivity index (χ4n) is 2.19. The molecule has 26 heavy (non-hydrogen) atoms. The summed E-state index contributed by atoms with van der Waals surface area (Å²) in [5.41, 5.74) is 0.901. The summed E-state index contributed by atoms with van der Waals surface area (Å²) in [6.07, 6.45) is 2.20. The van der Waals surface area contributed by atoms with Crippen molar-refractivity contribution in [3.63, 3.8) is 0 Å². The fourth-order valence-corrected chi connectivity index (χ4v) is 2.19. The van der Waals surface area contributed by atoms with E-state index >= 15 is 0 Å². The van der Waals surface area contributed by atoms with Crippen molar-refractivity contribution >= 4 is 11.6 Å². The molecule has 0 aliphatic carbocycles. The monoisotopic (exact) mass is 352 g/mol. The third-order valence-corrected chi connectivity index (χ3v) is 3.53. The minimum absolute atomic E-state index is 0.0997. The van der Waals surface area contributed by atoms with Crippen LogP contribution in [0.1, 0.15) is 11.1 Å². The lowest BCUT2D eigenvalue weighted by molar-refractivity contribution is -0.115. The van der Waals surface area contributed by atoms with Gasteiger partial charge in [0.05, 0.1) is 30.2 Å². The molecule has 0 aliphatic heterocycles. The number of rotatable bonds is 5. The molecule has 3 aromatic rings. The second kappa shape index (κ2) is 7.47. The van der Waals surface area contributed by atoms with Gasteiger partial charge in [-0.2, -0.15) is 0 Å². The summed E-state index contributed by atoms with van der Waals surface area (Å²) in [7, 11) is 0. The van der Waals surface area contributed by atoms with Gasteiger partial charge in [0.15, 0.2) is 0 Å². The number of hydrogen-bond donors (Lipinski definition) is 3. The number of ether oxygens (including phenoxy) is 1. The largest absolute Gasteiger partial charge is 0.493 e. The van der Waals surface area contributed by atoms with Crippen molar-refractivity contribution < 1.29 is 14.6 Å². The van der Waals surface area contributed by atoms with Crippen LogP contribution in [-0.4, -0.2) is 26.0 Å². The second-order valence-corrected chi connectivity index (χ2v) is 5.56. The van der Waals surface area contributed by atoms with E-state index in [1.807, 2.05) is 31.2 Å². The highest BCUT2D eigenvalue weighted by atomic mass is 16.5.